The van der Waals surface area contributed by atoms with Crippen LogP contribution in [0, 0.1) is 0 Å². The van der Waals surface area contributed by atoms with Crippen LogP contribution >= 0.6 is 11.8 Å². The first-order valence-electron chi connectivity index (χ1n) is 6.81. The van der Waals surface area contributed by atoms with E-state index in [1.807, 2.05) is 0 Å². The SMILES string of the molecule is CC(OC=C1CCCCC1)C1CCCCS1. The highest BCUT2D eigenvalue weighted by Gasteiger charge is 2.21. The number of ether oxygens (including phenoxy) is 1. The van der Waals surface area contributed by atoms with E-state index in [2.05, 4.69) is 24.9 Å². The number of hydrogen-bond donors (Lipinski definition) is 0. The van der Waals surface area contributed by atoms with Crippen molar-refractivity contribution in [2.24, 2.45) is 0 Å². The van der Waals surface area contributed by atoms with Gasteiger partial charge in [-0.15, -0.1) is 0 Å². The Balaban J connectivity index is 1.74. The van der Waals surface area contributed by atoms with E-state index in [-0.39, 0.29) is 0 Å². The van der Waals surface area contributed by atoms with Crippen molar-refractivity contribution in [1.82, 2.24) is 0 Å². The highest BCUT2D eigenvalue weighted by atomic mass is 32.2. The summed E-state index contributed by atoms with van der Waals surface area (Å²) in [4.78, 5) is 0. The van der Waals surface area contributed by atoms with Crippen molar-refractivity contribution < 1.29 is 4.74 Å². The molecule has 2 fully saturated rings. The molecule has 1 aliphatic carbocycles. The van der Waals surface area contributed by atoms with E-state index < -0.39 is 0 Å². The Morgan fingerprint density at radius 1 is 1.19 bits per heavy atom. The fourth-order valence-electron chi connectivity index (χ4n) is 2.55. The molecule has 92 valence electrons. The first kappa shape index (κ1) is 12.3. The van der Waals surface area contributed by atoms with Crippen LogP contribution < -0.4 is 0 Å². The molecule has 1 saturated heterocycles. The number of rotatable bonds is 3. The van der Waals surface area contributed by atoms with E-state index in [9.17, 15) is 0 Å². The van der Waals surface area contributed by atoms with Crippen molar-refractivity contribution >= 4 is 11.8 Å². The lowest BCUT2D eigenvalue weighted by molar-refractivity contribution is 0.150. The van der Waals surface area contributed by atoms with E-state index >= 15 is 0 Å². The van der Waals surface area contributed by atoms with Crippen LogP contribution in [0.3, 0.4) is 0 Å². The smallest absolute Gasteiger partial charge is 0.107 e. The fraction of sp³-hybridized carbons (Fsp3) is 0.857. The number of hydrogen-bond acceptors (Lipinski definition) is 2. The minimum absolute atomic E-state index is 0.403. The summed E-state index contributed by atoms with van der Waals surface area (Å²) in [5.41, 5.74) is 1.54. The van der Waals surface area contributed by atoms with Crippen LogP contribution in [0.4, 0.5) is 0 Å². The van der Waals surface area contributed by atoms with Crippen LogP contribution in [0.1, 0.15) is 58.3 Å². The molecule has 2 atom stereocenters. The Morgan fingerprint density at radius 3 is 2.69 bits per heavy atom. The molecular weight excluding hydrogens is 216 g/mol. The van der Waals surface area contributed by atoms with Gasteiger partial charge in [-0.25, -0.2) is 0 Å². The summed E-state index contributed by atoms with van der Waals surface area (Å²) in [5.74, 6) is 1.33. The predicted octanol–water partition coefficient (Wildman–Crippen LogP) is 4.53. The summed E-state index contributed by atoms with van der Waals surface area (Å²) in [5, 5.41) is 0.731. The average Bonchev–Trinajstić information content (AvgIpc) is 2.38. The zero-order valence-corrected chi connectivity index (χ0v) is 11.2. The van der Waals surface area contributed by atoms with Gasteiger partial charge in [0.1, 0.15) is 6.10 Å². The van der Waals surface area contributed by atoms with Gasteiger partial charge in [0, 0.05) is 5.25 Å². The lowest BCUT2D eigenvalue weighted by Crippen LogP contribution is -2.24. The van der Waals surface area contributed by atoms with Gasteiger partial charge in [-0.1, -0.05) is 12.8 Å². The summed E-state index contributed by atoms with van der Waals surface area (Å²) in [6, 6.07) is 0. The molecule has 2 heteroatoms. The minimum atomic E-state index is 0.403. The Morgan fingerprint density at radius 2 is 2.00 bits per heavy atom. The summed E-state index contributed by atoms with van der Waals surface area (Å²) >= 11 is 2.10. The zero-order chi connectivity index (χ0) is 11.2. The number of allylic oxidation sites excluding steroid dienone is 1. The molecule has 2 unspecified atom stereocenters. The van der Waals surface area contributed by atoms with Gasteiger partial charge in [0.15, 0.2) is 0 Å². The fourth-order valence-corrected chi connectivity index (χ4v) is 3.89. The van der Waals surface area contributed by atoms with Crippen LogP contribution in [0.5, 0.6) is 0 Å². The van der Waals surface area contributed by atoms with Gasteiger partial charge in [0.25, 0.3) is 0 Å². The van der Waals surface area contributed by atoms with Crippen molar-refractivity contribution in [1.29, 1.82) is 0 Å². The molecule has 0 aromatic rings. The van der Waals surface area contributed by atoms with Crippen molar-refractivity contribution in [2.45, 2.75) is 69.6 Å². The largest absolute Gasteiger partial charge is 0.497 e. The van der Waals surface area contributed by atoms with E-state index in [1.165, 1.54) is 57.1 Å². The third-order valence-electron chi connectivity index (χ3n) is 3.68. The molecule has 16 heavy (non-hydrogen) atoms. The average molecular weight is 240 g/mol. The standard InChI is InChI=1S/C14H24OS/c1-12(14-9-5-6-10-16-14)15-11-13-7-3-2-4-8-13/h11-12,14H,2-10H2,1H3. The topological polar surface area (TPSA) is 9.23 Å². The second kappa shape index (κ2) is 6.58. The zero-order valence-electron chi connectivity index (χ0n) is 10.4. The highest BCUT2D eigenvalue weighted by molar-refractivity contribution is 8.00. The molecule has 1 nitrogen and oxygen atoms in total. The Labute approximate surface area is 104 Å². The van der Waals surface area contributed by atoms with E-state index in [0.29, 0.717) is 6.10 Å². The maximum Gasteiger partial charge on any atom is 0.107 e. The maximum absolute atomic E-state index is 5.94. The molecule has 2 rings (SSSR count). The molecule has 2 aliphatic rings. The van der Waals surface area contributed by atoms with Crippen LogP contribution in [0.25, 0.3) is 0 Å². The van der Waals surface area contributed by atoms with Gasteiger partial charge in [-0.2, -0.15) is 11.8 Å². The Bertz CT molecular complexity index is 223. The van der Waals surface area contributed by atoms with Crippen molar-refractivity contribution in [3.8, 4) is 0 Å². The lowest BCUT2D eigenvalue weighted by Gasteiger charge is -2.27. The monoisotopic (exact) mass is 240 g/mol. The first-order valence-corrected chi connectivity index (χ1v) is 7.86. The normalized spacial score (nSPS) is 28.6. The van der Waals surface area contributed by atoms with Gasteiger partial charge in [-0.3, -0.25) is 0 Å². The van der Waals surface area contributed by atoms with Gasteiger partial charge in [0.2, 0.25) is 0 Å². The van der Waals surface area contributed by atoms with E-state index in [4.69, 9.17) is 4.74 Å². The third-order valence-corrected chi connectivity index (χ3v) is 5.26. The second-order valence-electron chi connectivity index (χ2n) is 5.08. The van der Waals surface area contributed by atoms with Gasteiger partial charge in [-0.05, 0) is 56.8 Å². The van der Waals surface area contributed by atoms with Crippen molar-refractivity contribution in [3.63, 3.8) is 0 Å². The second-order valence-corrected chi connectivity index (χ2v) is 6.43. The van der Waals surface area contributed by atoms with Crippen LogP contribution in [0.15, 0.2) is 11.8 Å². The lowest BCUT2D eigenvalue weighted by atomic mass is 9.96. The molecule has 0 amide bonds. The molecule has 0 N–H and O–H groups in total. The minimum Gasteiger partial charge on any atom is -0.497 e. The Hall–Kier alpha value is -0.110. The molecular formula is C14H24OS. The molecule has 1 aliphatic heterocycles. The molecule has 0 bridgehead atoms. The molecule has 0 spiro atoms. The van der Waals surface area contributed by atoms with E-state index in [0.717, 1.165) is 5.25 Å². The van der Waals surface area contributed by atoms with Crippen LogP contribution in [-0.4, -0.2) is 17.1 Å². The molecule has 1 saturated carbocycles. The van der Waals surface area contributed by atoms with E-state index in [1.54, 1.807) is 5.57 Å². The van der Waals surface area contributed by atoms with Gasteiger partial charge < -0.3 is 4.74 Å². The van der Waals surface area contributed by atoms with Crippen molar-refractivity contribution in [2.75, 3.05) is 5.75 Å². The molecule has 0 aromatic heterocycles. The maximum atomic E-state index is 5.94. The highest BCUT2D eigenvalue weighted by Crippen LogP contribution is 2.29. The Kier molecular flexibility index (Phi) is 5.08. The molecule has 1 heterocycles. The van der Waals surface area contributed by atoms with Crippen molar-refractivity contribution in [3.05, 3.63) is 11.8 Å². The predicted molar refractivity (Wildman–Crippen MR) is 71.8 cm³/mol. The van der Waals surface area contributed by atoms with Crippen LogP contribution in [-0.2, 0) is 4.74 Å². The molecule has 0 aromatic carbocycles. The van der Waals surface area contributed by atoms with Gasteiger partial charge in [0.05, 0.1) is 6.26 Å². The first-order chi connectivity index (χ1) is 7.86. The summed E-state index contributed by atoms with van der Waals surface area (Å²) in [6.45, 7) is 2.24. The summed E-state index contributed by atoms with van der Waals surface area (Å²) < 4.78 is 5.94. The van der Waals surface area contributed by atoms with Crippen LogP contribution in [0.2, 0.25) is 0 Å². The quantitative estimate of drug-likeness (QED) is 0.670. The summed E-state index contributed by atoms with van der Waals surface area (Å²) in [7, 11) is 0. The molecule has 0 radical (unpaired) electrons. The summed E-state index contributed by atoms with van der Waals surface area (Å²) in [6.07, 6.45) is 13.3. The number of thioether (sulfide) groups is 1. The van der Waals surface area contributed by atoms with Gasteiger partial charge >= 0.3 is 0 Å². The third kappa shape index (κ3) is 3.73.